The molecule has 0 unspecified atom stereocenters. The summed E-state index contributed by atoms with van der Waals surface area (Å²) in [6.45, 7) is 0. The van der Waals surface area contributed by atoms with Gasteiger partial charge in [0, 0.05) is 6.42 Å². The fraction of sp³-hybridized carbons (Fsp3) is 0.308. The van der Waals surface area contributed by atoms with Crippen LogP contribution in [0.1, 0.15) is 12.1 Å². The van der Waals surface area contributed by atoms with Crippen LogP contribution in [0.4, 0.5) is 0 Å². The number of aryl methyl sites for hydroxylation is 1. The fourth-order valence-corrected chi connectivity index (χ4v) is 1.67. The number of ether oxygens (including phenoxy) is 2. The molecule has 1 aromatic heterocycles. The number of para-hydroxylation sites is 2. The van der Waals surface area contributed by atoms with Crippen molar-refractivity contribution in [1.29, 1.82) is 0 Å². The molecule has 2 rings (SSSR count). The summed E-state index contributed by atoms with van der Waals surface area (Å²) in [6, 6.07) is 7.54. The van der Waals surface area contributed by atoms with Gasteiger partial charge in [0.05, 0.1) is 31.7 Å². The highest BCUT2D eigenvalue weighted by molar-refractivity contribution is 5.75. The molecule has 0 aliphatic heterocycles. The Morgan fingerprint density at radius 1 is 1.17 bits per heavy atom. The van der Waals surface area contributed by atoms with Gasteiger partial charge in [-0.15, -0.1) is 0 Å². The molecule has 0 radical (unpaired) electrons. The third kappa shape index (κ3) is 2.56. The molecule has 5 heteroatoms. The van der Waals surface area contributed by atoms with Crippen LogP contribution in [0.2, 0.25) is 0 Å². The average molecular weight is 246 g/mol. The lowest BCUT2D eigenvalue weighted by atomic mass is 10.2. The second-order valence-electron chi connectivity index (χ2n) is 3.74. The van der Waals surface area contributed by atoms with Gasteiger partial charge in [-0.05, 0) is 12.1 Å². The van der Waals surface area contributed by atoms with Crippen molar-refractivity contribution in [2.75, 3.05) is 14.2 Å². The number of nitrogens with zero attached hydrogens (tertiary/aromatic N) is 2. The van der Waals surface area contributed by atoms with Crippen molar-refractivity contribution in [3.63, 3.8) is 0 Å². The van der Waals surface area contributed by atoms with Gasteiger partial charge >= 0.3 is 5.97 Å². The maximum Gasteiger partial charge on any atom is 0.305 e. The first-order valence-electron chi connectivity index (χ1n) is 5.61. The zero-order chi connectivity index (χ0) is 13.0. The van der Waals surface area contributed by atoms with Crippen LogP contribution in [-0.2, 0) is 16.0 Å². The molecule has 18 heavy (non-hydrogen) atoms. The molecule has 1 aromatic carbocycles. The normalized spacial score (nSPS) is 10.3. The number of fused-ring (bicyclic) bond motifs is 1. The molecule has 0 spiro atoms. The molecular formula is C13H14N2O3. The van der Waals surface area contributed by atoms with Crippen LogP contribution < -0.4 is 4.74 Å². The molecule has 0 amide bonds. The van der Waals surface area contributed by atoms with Gasteiger partial charge in [-0.1, -0.05) is 12.1 Å². The smallest absolute Gasteiger partial charge is 0.305 e. The minimum Gasteiger partial charge on any atom is -0.480 e. The third-order valence-corrected chi connectivity index (χ3v) is 2.59. The van der Waals surface area contributed by atoms with Gasteiger partial charge in [-0.25, -0.2) is 9.97 Å². The van der Waals surface area contributed by atoms with Crippen LogP contribution in [0.15, 0.2) is 24.3 Å². The fourth-order valence-electron chi connectivity index (χ4n) is 1.67. The number of benzene rings is 1. The lowest BCUT2D eigenvalue weighted by Crippen LogP contribution is -2.05. The Labute approximate surface area is 105 Å². The van der Waals surface area contributed by atoms with Gasteiger partial charge < -0.3 is 9.47 Å². The molecule has 0 N–H and O–H groups in total. The van der Waals surface area contributed by atoms with Crippen LogP contribution in [0.25, 0.3) is 11.0 Å². The van der Waals surface area contributed by atoms with Crippen molar-refractivity contribution in [3.8, 4) is 5.88 Å². The Bertz CT molecular complexity index is 569. The lowest BCUT2D eigenvalue weighted by Gasteiger charge is -2.07. The summed E-state index contributed by atoms with van der Waals surface area (Å²) in [4.78, 5) is 20.0. The van der Waals surface area contributed by atoms with Gasteiger partial charge in [0.2, 0.25) is 5.88 Å². The van der Waals surface area contributed by atoms with E-state index in [9.17, 15) is 4.79 Å². The van der Waals surface area contributed by atoms with E-state index in [1.807, 2.05) is 24.3 Å². The van der Waals surface area contributed by atoms with E-state index in [-0.39, 0.29) is 12.4 Å². The SMILES string of the molecule is COC(=O)CCc1nc2ccccc2nc1OC. The minimum atomic E-state index is -0.271. The Morgan fingerprint density at radius 2 is 1.83 bits per heavy atom. The lowest BCUT2D eigenvalue weighted by molar-refractivity contribution is -0.140. The highest BCUT2D eigenvalue weighted by atomic mass is 16.5. The van der Waals surface area contributed by atoms with E-state index >= 15 is 0 Å². The van der Waals surface area contributed by atoms with Crippen molar-refractivity contribution in [3.05, 3.63) is 30.0 Å². The molecule has 2 aromatic rings. The van der Waals surface area contributed by atoms with Gasteiger partial charge in [0.25, 0.3) is 0 Å². The van der Waals surface area contributed by atoms with Crippen LogP contribution in [0.5, 0.6) is 5.88 Å². The number of methoxy groups -OCH3 is 2. The van der Waals surface area contributed by atoms with Gasteiger partial charge in [0.15, 0.2) is 0 Å². The largest absolute Gasteiger partial charge is 0.480 e. The molecule has 0 aliphatic carbocycles. The summed E-state index contributed by atoms with van der Waals surface area (Å²) in [5.41, 5.74) is 2.23. The second-order valence-corrected chi connectivity index (χ2v) is 3.74. The van der Waals surface area contributed by atoms with Crippen molar-refractivity contribution in [2.45, 2.75) is 12.8 Å². The molecule has 0 fully saturated rings. The minimum absolute atomic E-state index is 0.264. The van der Waals surface area contributed by atoms with Crippen molar-refractivity contribution < 1.29 is 14.3 Å². The number of carbonyl (C=O) groups is 1. The summed E-state index contributed by atoms with van der Waals surface area (Å²) in [6.07, 6.45) is 0.716. The standard InChI is InChI=1S/C13H14N2O3/c1-17-12(16)8-7-11-13(18-2)15-10-6-4-3-5-9(10)14-11/h3-6H,7-8H2,1-2H3. The Kier molecular flexibility index (Phi) is 3.72. The van der Waals surface area contributed by atoms with Gasteiger partial charge in [0.1, 0.15) is 5.69 Å². The predicted molar refractivity (Wildman–Crippen MR) is 66.4 cm³/mol. The first-order valence-corrected chi connectivity index (χ1v) is 5.61. The van der Waals surface area contributed by atoms with E-state index in [0.29, 0.717) is 18.0 Å². The molecule has 0 bridgehead atoms. The van der Waals surface area contributed by atoms with E-state index in [1.165, 1.54) is 7.11 Å². The number of esters is 1. The molecule has 0 aliphatic rings. The van der Waals surface area contributed by atoms with E-state index in [4.69, 9.17) is 4.74 Å². The molecule has 0 atom stereocenters. The Hall–Kier alpha value is -2.17. The molecular weight excluding hydrogens is 232 g/mol. The zero-order valence-corrected chi connectivity index (χ0v) is 10.3. The van der Waals surface area contributed by atoms with E-state index in [2.05, 4.69) is 14.7 Å². The Balaban J connectivity index is 2.32. The number of rotatable bonds is 4. The molecule has 5 nitrogen and oxygen atoms in total. The van der Waals surface area contributed by atoms with Crippen LogP contribution in [0.3, 0.4) is 0 Å². The van der Waals surface area contributed by atoms with Crippen molar-refractivity contribution in [1.82, 2.24) is 9.97 Å². The average Bonchev–Trinajstić information content (AvgIpc) is 2.43. The molecule has 94 valence electrons. The number of carbonyl (C=O) groups excluding carboxylic acids is 1. The topological polar surface area (TPSA) is 61.3 Å². The Morgan fingerprint density at radius 3 is 2.44 bits per heavy atom. The van der Waals surface area contributed by atoms with Crippen molar-refractivity contribution in [2.24, 2.45) is 0 Å². The third-order valence-electron chi connectivity index (χ3n) is 2.59. The predicted octanol–water partition coefficient (Wildman–Crippen LogP) is 1.74. The molecule has 0 saturated carbocycles. The number of hydrogen-bond donors (Lipinski definition) is 0. The number of hydrogen-bond acceptors (Lipinski definition) is 5. The summed E-state index contributed by atoms with van der Waals surface area (Å²) in [7, 11) is 2.91. The van der Waals surface area contributed by atoms with E-state index in [0.717, 1.165) is 11.0 Å². The van der Waals surface area contributed by atoms with Crippen LogP contribution in [-0.4, -0.2) is 30.2 Å². The molecule has 1 heterocycles. The summed E-state index contributed by atoms with van der Waals surface area (Å²) in [5.74, 6) is 0.185. The molecule has 0 saturated heterocycles. The van der Waals surface area contributed by atoms with Crippen molar-refractivity contribution >= 4 is 17.0 Å². The van der Waals surface area contributed by atoms with Crippen LogP contribution in [0, 0.1) is 0 Å². The number of aromatic nitrogens is 2. The van der Waals surface area contributed by atoms with E-state index < -0.39 is 0 Å². The quantitative estimate of drug-likeness (QED) is 0.769. The monoisotopic (exact) mass is 246 g/mol. The highest BCUT2D eigenvalue weighted by Crippen LogP contribution is 2.19. The highest BCUT2D eigenvalue weighted by Gasteiger charge is 2.11. The summed E-state index contributed by atoms with van der Waals surface area (Å²) >= 11 is 0. The summed E-state index contributed by atoms with van der Waals surface area (Å²) < 4.78 is 9.80. The summed E-state index contributed by atoms with van der Waals surface area (Å²) in [5, 5.41) is 0. The second kappa shape index (κ2) is 5.44. The zero-order valence-electron chi connectivity index (χ0n) is 10.3. The maximum absolute atomic E-state index is 11.1. The van der Waals surface area contributed by atoms with Gasteiger partial charge in [-0.2, -0.15) is 0 Å². The first-order chi connectivity index (χ1) is 8.74. The van der Waals surface area contributed by atoms with E-state index in [1.54, 1.807) is 7.11 Å². The first kappa shape index (κ1) is 12.3. The maximum atomic E-state index is 11.1. The van der Waals surface area contributed by atoms with Crippen LogP contribution >= 0.6 is 0 Å². The van der Waals surface area contributed by atoms with Gasteiger partial charge in [-0.3, -0.25) is 4.79 Å².